The van der Waals surface area contributed by atoms with E-state index in [1.807, 2.05) is 36.1 Å². The predicted octanol–water partition coefficient (Wildman–Crippen LogP) is 2.86. The van der Waals surface area contributed by atoms with Crippen molar-refractivity contribution in [2.24, 2.45) is 17.8 Å². The number of carbonyl (C=O) groups excluding carboxylic acids is 2. The van der Waals surface area contributed by atoms with Crippen molar-refractivity contribution < 1.29 is 19.5 Å². The van der Waals surface area contributed by atoms with E-state index in [0.717, 1.165) is 30.6 Å². The van der Waals surface area contributed by atoms with Crippen molar-refractivity contribution in [3.8, 4) is 0 Å². The number of nitrogens with one attached hydrogen (secondary N) is 2. The lowest BCUT2D eigenvalue weighted by Gasteiger charge is -2.34. The lowest BCUT2D eigenvalue weighted by molar-refractivity contribution is -0.142. The highest BCUT2D eigenvalue weighted by Gasteiger charge is 2.37. The molecule has 3 N–H and O–H groups in total. The number of benzene rings is 1. The van der Waals surface area contributed by atoms with Crippen molar-refractivity contribution in [2.75, 3.05) is 25.0 Å². The minimum atomic E-state index is -0.796. The number of aliphatic carboxylic acids is 1. The van der Waals surface area contributed by atoms with Gasteiger partial charge in [0.15, 0.2) is 0 Å². The molecule has 1 unspecified atom stereocenters. The molecule has 1 aliphatic heterocycles. The van der Waals surface area contributed by atoms with Gasteiger partial charge in [-0.15, -0.1) is 0 Å². The average Bonchev–Trinajstić information content (AvgIpc) is 3.18. The Balaban J connectivity index is 1.44. The first kappa shape index (κ1) is 20.2. The fraction of sp³-hybridized carbons (Fsp3) is 0.571. The largest absolute Gasteiger partial charge is 0.481 e. The number of rotatable bonds is 5. The third kappa shape index (κ3) is 5.24. The number of hydrogen-bond donors (Lipinski definition) is 3. The van der Waals surface area contributed by atoms with Crippen molar-refractivity contribution in [2.45, 2.75) is 39.0 Å². The minimum Gasteiger partial charge on any atom is -0.481 e. The molecule has 1 heterocycles. The average molecular weight is 387 g/mol. The highest BCUT2D eigenvalue weighted by molar-refractivity contribution is 5.89. The Morgan fingerprint density at radius 1 is 1.11 bits per heavy atom. The van der Waals surface area contributed by atoms with E-state index < -0.39 is 5.97 Å². The molecular weight excluding hydrogens is 358 g/mol. The standard InChI is InChI=1S/C21H29N3O4/c1-14-4-8-18(9-5-14)23-21(28)22-12-15-3-2-10-24(13-15)19(25)16-6-7-17(11-16)20(26)27/h4-5,8-9,15-17H,2-3,6-7,10-13H2,1H3,(H,26,27)(H2,22,23,28)/t15?,16-,17+/m1/s1. The number of aryl methyl sites for hydroxylation is 1. The van der Waals surface area contributed by atoms with Crippen LogP contribution >= 0.6 is 0 Å². The van der Waals surface area contributed by atoms with Gasteiger partial charge in [-0.1, -0.05) is 17.7 Å². The molecule has 1 aliphatic carbocycles. The van der Waals surface area contributed by atoms with Crippen LogP contribution in [0.3, 0.4) is 0 Å². The minimum absolute atomic E-state index is 0.0811. The van der Waals surface area contributed by atoms with Gasteiger partial charge in [0.05, 0.1) is 5.92 Å². The van der Waals surface area contributed by atoms with E-state index in [-0.39, 0.29) is 29.7 Å². The smallest absolute Gasteiger partial charge is 0.319 e. The third-order valence-corrected chi connectivity index (χ3v) is 5.82. The lowest BCUT2D eigenvalue weighted by Crippen LogP contribution is -2.46. The van der Waals surface area contributed by atoms with Crippen molar-refractivity contribution in [3.05, 3.63) is 29.8 Å². The second kappa shape index (κ2) is 9.08. The lowest BCUT2D eigenvalue weighted by atomic mass is 9.95. The first-order chi connectivity index (χ1) is 13.4. The van der Waals surface area contributed by atoms with Crippen LogP contribution in [0.15, 0.2) is 24.3 Å². The van der Waals surface area contributed by atoms with Crippen molar-refractivity contribution >= 4 is 23.6 Å². The second-order valence-electron chi connectivity index (χ2n) is 8.04. The number of nitrogens with zero attached hydrogens (tertiary/aromatic N) is 1. The highest BCUT2D eigenvalue weighted by atomic mass is 16.4. The normalized spacial score (nSPS) is 24.6. The van der Waals surface area contributed by atoms with Gasteiger partial charge in [0, 0.05) is 31.2 Å². The van der Waals surface area contributed by atoms with Crippen LogP contribution in [0.5, 0.6) is 0 Å². The predicted molar refractivity (Wildman–Crippen MR) is 106 cm³/mol. The van der Waals surface area contributed by atoms with E-state index in [0.29, 0.717) is 32.4 Å². The number of carboxylic acids is 1. The zero-order valence-electron chi connectivity index (χ0n) is 16.3. The summed E-state index contributed by atoms with van der Waals surface area (Å²) in [4.78, 5) is 37.8. The molecule has 1 saturated carbocycles. The maximum atomic E-state index is 12.8. The number of carbonyl (C=O) groups is 3. The Morgan fingerprint density at radius 3 is 2.50 bits per heavy atom. The Bertz CT molecular complexity index is 719. The quantitative estimate of drug-likeness (QED) is 0.723. The van der Waals surface area contributed by atoms with E-state index in [1.165, 1.54) is 0 Å². The number of urea groups is 1. The number of amides is 3. The summed E-state index contributed by atoms with van der Waals surface area (Å²) in [6.45, 7) is 3.86. The molecule has 3 rings (SSSR count). The number of hydrogen-bond acceptors (Lipinski definition) is 3. The molecule has 0 spiro atoms. The Hall–Kier alpha value is -2.57. The molecule has 2 aliphatic rings. The third-order valence-electron chi connectivity index (χ3n) is 5.82. The molecule has 2 fully saturated rings. The number of likely N-dealkylation sites (tertiary alicyclic amines) is 1. The summed E-state index contributed by atoms with van der Waals surface area (Å²) < 4.78 is 0. The van der Waals surface area contributed by atoms with Gasteiger partial charge in [0.25, 0.3) is 0 Å². The Labute approximate surface area is 165 Å². The first-order valence-corrected chi connectivity index (χ1v) is 10.1. The van der Waals surface area contributed by atoms with E-state index in [4.69, 9.17) is 5.11 Å². The molecule has 152 valence electrons. The van der Waals surface area contributed by atoms with Crippen LogP contribution in [0.25, 0.3) is 0 Å². The summed E-state index contributed by atoms with van der Waals surface area (Å²) in [5, 5.41) is 14.9. The van der Waals surface area contributed by atoms with Crippen LogP contribution in [0.1, 0.15) is 37.7 Å². The molecule has 1 aromatic carbocycles. The van der Waals surface area contributed by atoms with Gasteiger partial charge < -0.3 is 20.6 Å². The van der Waals surface area contributed by atoms with Crippen LogP contribution in [0, 0.1) is 24.7 Å². The van der Waals surface area contributed by atoms with E-state index in [9.17, 15) is 14.4 Å². The molecule has 3 amide bonds. The van der Waals surface area contributed by atoms with E-state index >= 15 is 0 Å². The zero-order chi connectivity index (χ0) is 20.1. The van der Waals surface area contributed by atoms with Gasteiger partial charge in [-0.05, 0) is 57.1 Å². The Kier molecular flexibility index (Phi) is 6.54. The van der Waals surface area contributed by atoms with Gasteiger partial charge in [0.1, 0.15) is 0 Å². The van der Waals surface area contributed by atoms with Crippen LogP contribution in [-0.2, 0) is 9.59 Å². The second-order valence-corrected chi connectivity index (χ2v) is 8.04. The molecule has 0 radical (unpaired) electrons. The molecule has 1 saturated heterocycles. The van der Waals surface area contributed by atoms with E-state index in [1.54, 1.807) is 0 Å². The molecule has 0 aromatic heterocycles. The van der Waals surface area contributed by atoms with Crippen molar-refractivity contribution in [3.63, 3.8) is 0 Å². The maximum absolute atomic E-state index is 12.8. The molecule has 28 heavy (non-hydrogen) atoms. The van der Waals surface area contributed by atoms with Crippen LogP contribution < -0.4 is 10.6 Å². The zero-order valence-corrected chi connectivity index (χ0v) is 16.3. The van der Waals surface area contributed by atoms with Gasteiger partial charge in [-0.2, -0.15) is 0 Å². The fourth-order valence-corrected chi connectivity index (χ4v) is 4.17. The summed E-state index contributed by atoms with van der Waals surface area (Å²) >= 11 is 0. The van der Waals surface area contributed by atoms with Crippen molar-refractivity contribution in [1.29, 1.82) is 0 Å². The summed E-state index contributed by atoms with van der Waals surface area (Å²) in [6, 6.07) is 7.37. The molecule has 0 bridgehead atoms. The number of piperidine rings is 1. The summed E-state index contributed by atoms with van der Waals surface area (Å²) in [5.41, 5.74) is 1.88. The topological polar surface area (TPSA) is 98.7 Å². The summed E-state index contributed by atoms with van der Waals surface area (Å²) in [5.74, 6) is -1.05. The van der Waals surface area contributed by atoms with Gasteiger partial charge in [0.2, 0.25) is 5.91 Å². The molecule has 7 nitrogen and oxygen atoms in total. The monoisotopic (exact) mass is 387 g/mol. The number of carboxylic acid groups (broad SMARTS) is 1. The van der Waals surface area contributed by atoms with Crippen LogP contribution in [-0.4, -0.2) is 47.5 Å². The highest BCUT2D eigenvalue weighted by Crippen LogP contribution is 2.33. The maximum Gasteiger partial charge on any atom is 0.319 e. The van der Waals surface area contributed by atoms with Gasteiger partial charge in [-0.3, -0.25) is 9.59 Å². The summed E-state index contributed by atoms with van der Waals surface area (Å²) in [6.07, 6.45) is 3.58. The van der Waals surface area contributed by atoms with E-state index in [2.05, 4.69) is 10.6 Å². The molecular formula is C21H29N3O4. The molecule has 1 aromatic rings. The van der Waals surface area contributed by atoms with Crippen LogP contribution in [0.4, 0.5) is 10.5 Å². The molecule has 3 atom stereocenters. The fourth-order valence-electron chi connectivity index (χ4n) is 4.17. The van der Waals surface area contributed by atoms with Gasteiger partial charge >= 0.3 is 12.0 Å². The van der Waals surface area contributed by atoms with Crippen LogP contribution in [0.2, 0.25) is 0 Å². The first-order valence-electron chi connectivity index (χ1n) is 10.1. The summed E-state index contributed by atoms with van der Waals surface area (Å²) in [7, 11) is 0. The molecule has 7 heteroatoms. The number of anilines is 1. The SMILES string of the molecule is Cc1ccc(NC(=O)NCC2CCCN(C(=O)[C@@H]3CC[C@H](C(=O)O)C3)C2)cc1. The van der Waals surface area contributed by atoms with Crippen molar-refractivity contribution in [1.82, 2.24) is 10.2 Å². The van der Waals surface area contributed by atoms with Gasteiger partial charge in [-0.25, -0.2) is 4.79 Å². The Morgan fingerprint density at radius 2 is 1.82 bits per heavy atom.